The second-order valence-corrected chi connectivity index (χ2v) is 4.13. The molecular formula is C14H17N3O. The number of nitrogens with two attached hydrogens (primary N) is 1. The number of nitrogen functional groups attached to an aromatic ring is 1. The second kappa shape index (κ2) is 4.96. The van der Waals surface area contributed by atoms with Gasteiger partial charge in [-0.05, 0) is 31.2 Å². The summed E-state index contributed by atoms with van der Waals surface area (Å²) in [6, 6.07) is 11.6. The molecule has 0 aliphatic carbocycles. The number of hydrogen-bond donors (Lipinski definition) is 1. The molecule has 2 N–H and O–H groups in total. The number of hydrogen-bond acceptors (Lipinski definition) is 4. The number of anilines is 3. The maximum atomic E-state index is 5.96. The Labute approximate surface area is 107 Å². The number of methoxy groups -OCH3 is 1. The van der Waals surface area contributed by atoms with E-state index in [0.29, 0.717) is 5.69 Å². The fraction of sp³-hybridized carbons (Fsp3) is 0.214. The normalized spacial score (nSPS) is 10.2. The highest BCUT2D eigenvalue weighted by atomic mass is 16.5. The average Bonchev–Trinajstić information content (AvgIpc) is 2.41. The summed E-state index contributed by atoms with van der Waals surface area (Å²) in [6.45, 7) is 1.95. The Bertz CT molecular complexity index is 554. The number of ether oxygens (including phenoxy) is 1. The zero-order valence-corrected chi connectivity index (χ0v) is 10.8. The molecule has 1 aromatic carbocycles. The molecule has 0 aliphatic heterocycles. The van der Waals surface area contributed by atoms with Crippen molar-refractivity contribution in [3.63, 3.8) is 0 Å². The number of nitrogens with zero attached hydrogens (tertiary/aromatic N) is 2. The molecule has 94 valence electrons. The van der Waals surface area contributed by atoms with Crippen molar-refractivity contribution in [3.8, 4) is 5.75 Å². The van der Waals surface area contributed by atoms with Crippen LogP contribution in [0.4, 0.5) is 17.2 Å². The molecule has 0 unspecified atom stereocenters. The van der Waals surface area contributed by atoms with E-state index in [9.17, 15) is 0 Å². The van der Waals surface area contributed by atoms with E-state index < -0.39 is 0 Å². The number of aromatic nitrogens is 1. The van der Waals surface area contributed by atoms with Crippen LogP contribution in [-0.2, 0) is 0 Å². The highest BCUT2D eigenvalue weighted by Gasteiger charge is 2.10. The molecule has 0 aliphatic rings. The Morgan fingerprint density at radius 1 is 1.22 bits per heavy atom. The Morgan fingerprint density at radius 2 is 2.00 bits per heavy atom. The van der Waals surface area contributed by atoms with Crippen molar-refractivity contribution >= 4 is 17.2 Å². The standard InChI is InChI=1S/C14H17N3O/c1-10-7-8-13(15)14(16-10)17(2)11-5-4-6-12(9-11)18-3/h4-9H,15H2,1-3H3. The van der Waals surface area contributed by atoms with Gasteiger partial charge in [0.2, 0.25) is 0 Å². The molecule has 1 heterocycles. The topological polar surface area (TPSA) is 51.4 Å². The third-order valence-corrected chi connectivity index (χ3v) is 2.80. The van der Waals surface area contributed by atoms with Gasteiger partial charge in [0.25, 0.3) is 0 Å². The zero-order valence-electron chi connectivity index (χ0n) is 10.8. The smallest absolute Gasteiger partial charge is 0.156 e. The second-order valence-electron chi connectivity index (χ2n) is 4.13. The Morgan fingerprint density at radius 3 is 2.72 bits per heavy atom. The lowest BCUT2D eigenvalue weighted by Crippen LogP contribution is -2.13. The lowest BCUT2D eigenvalue weighted by molar-refractivity contribution is 0.415. The van der Waals surface area contributed by atoms with Crippen LogP contribution in [0.2, 0.25) is 0 Å². The third kappa shape index (κ3) is 2.37. The van der Waals surface area contributed by atoms with Crippen molar-refractivity contribution in [1.29, 1.82) is 0 Å². The number of benzene rings is 1. The highest BCUT2D eigenvalue weighted by Crippen LogP contribution is 2.29. The molecule has 0 radical (unpaired) electrons. The summed E-state index contributed by atoms with van der Waals surface area (Å²) in [7, 11) is 3.59. The van der Waals surface area contributed by atoms with E-state index in [0.717, 1.165) is 22.9 Å². The molecule has 4 heteroatoms. The molecule has 0 saturated carbocycles. The van der Waals surface area contributed by atoms with Crippen LogP contribution in [0.25, 0.3) is 0 Å². The van der Waals surface area contributed by atoms with Crippen LogP contribution in [0.1, 0.15) is 5.69 Å². The van der Waals surface area contributed by atoms with Gasteiger partial charge in [-0.25, -0.2) is 4.98 Å². The highest BCUT2D eigenvalue weighted by molar-refractivity contribution is 5.71. The number of rotatable bonds is 3. The van der Waals surface area contributed by atoms with Gasteiger partial charge in [-0.2, -0.15) is 0 Å². The van der Waals surface area contributed by atoms with Crippen LogP contribution in [0, 0.1) is 6.92 Å². The quantitative estimate of drug-likeness (QED) is 0.900. The molecule has 1 aromatic heterocycles. The van der Waals surface area contributed by atoms with Gasteiger partial charge in [0, 0.05) is 24.5 Å². The van der Waals surface area contributed by atoms with Gasteiger partial charge < -0.3 is 15.4 Å². The van der Waals surface area contributed by atoms with E-state index in [4.69, 9.17) is 10.5 Å². The fourth-order valence-corrected chi connectivity index (χ4v) is 1.76. The van der Waals surface area contributed by atoms with E-state index in [1.165, 1.54) is 0 Å². The van der Waals surface area contributed by atoms with E-state index >= 15 is 0 Å². The van der Waals surface area contributed by atoms with Crippen LogP contribution in [0.3, 0.4) is 0 Å². The van der Waals surface area contributed by atoms with Crippen LogP contribution in [0.5, 0.6) is 5.75 Å². The first kappa shape index (κ1) is 12.2. The van der Waals surface area contributed by atoms with Crippen LogP contribution in [0.15, 0.2) is 36.4 Å². The molecule has 2 rings (SSSR count). The molecule has 0 saturated heterocycles. The molecule has 0 bridgehead atoms. The van der Waals surface area contributed by atoms with Crippen molar-refractivity contribution in [1.82, 2.24) is 4.98 Å². The maximum absolute atomic E-state index is 5.96. The monoisotopic (exact) mass is 243 g/mol. The largest absolute Gasteiger partial charge is 0.497 e. The minimum atomic E-state index is 0.658. The van der Waals surface area contributed by atoms with E-state index in [2.05, 4.69) is 4.98 Å². The Balaban J connectivity index is 2.40. The zero-order chi connectivity index (χ0) is 13.1. The van der Waals surface area contributed by atoms with Crippen LogP contribution in [-0.4, -0.2) is 19.1 Å². The lowest BCUT2D eigenvalue weighted by Gasteiger charge is -2.20. The van der Waals surface area contributed by atoms with Gasteiger partial charge in [-0.1, -0.05) is 6.07 Å². The Kier molecular flexibility index (Phi) is 3.37. The summed E-state index contributed by atoms with van der Waals surface area (Å²) in [5.41, 5.74) is 8.55. The minimum Gasteiger partial charge on any atom is -0.497 e. The summed E-state index contributed by atoms with van der Waals surface area (Å²) < 4.78 is 5.22. The van der Waals surface area contributed by atoms with Crippen LogP contribution < -0.4 is 15.4 Å². The van der Waals surface area contributed by atoms with E-state index in [1.807, 2.05) is 55.3 Å². The first-order valence-electron chi connectivity index (χ1n) is 5.72. The van der Waals surface area contributed by atoms with Gasteiger partial charge in [0.15, 0.2) is 5.82 Å². The number of aryl methyl sites for hydroxylation is 1. The molecule has 0 amide bonds. The van der Waals surface area contributed by atoms with Gasteiger partial charge in [-0.15, -0.1) is 0 Å². The molecule has 18 heavy (non-hydrogen) atoms. The Hall–Kier alpha value is -2.23. The maximum Gasteiger partial charge on any atom is 0.156 e. The summed E-state index contributed by atoms with van der Waals surface area (Å²) in [5, 5.41) is 0. The first-order chi connectivity index (χ1) is 8.61. The van der Waals surface area contributed by atoms with Crippen LogP contribution >= 0.6 is 0 Å². The van der Waals surface area contributed by atoms with Gasteiger partial charge >= 0.3 is 0 Å². The molecule has 0 fully saturated rings. The average molecular weight is 243 g/mol. The van der Waals surface area contributed by atoms with Crippen molar-refractivity contribution in [2.75, 3.05) is 24.8 Å². The first-order valence-corrected chi connectivity index (χ1v) is 5.72. The summed E-state index contributed by atoms with van der Waals surface area (Å²) in [6.07, 6.45) is 0. The minimum absolute atomic E-state index is 0.658. The lowest BCUT2D eigenvalue weighted by atomic mass is 10.2. The predicted molar refractivity (Wildman–Crippen MR) is 74.4 cm³/mol. The van der Waals surface area contributed by atoms with Crippen molar-refractivity contribution in [2.45, 2.75) is 6.92 Å². The SMILES string of the molecule is COc1cccc(N(C)c2nc(C)ccc2N)c1. The van der Waals surface area contributed by atoms with Crippen molar-refractivity contribution in [2.24, 2.45) is 0 Å². The third-order valence-electron chi connectivity index (χ3n) is 2.80. The van der Waals surface area contributed by atoms with Gasteiger partial charge in [0.05, 0.1) is 12.8 Å². The van der Waals surface area contributed by atoms with E-state index in [-0.39, 0.29) is 0 Å². The molecule has 0 atom stereocenters. The molecule has 0 spiro atoms. The van der Waals surface area contributed by atoms with Gasteiger partial charge in [-0.3, -0.25) is 0 Å². The molecule has 2 aromatic rings. The summed E-state index contributed by atoms with van der Waals surface area (Å²) >= 11 is 0. The molecule has 4 nitrogen and oxygen atoms in total. The van der Waals surface area contributed by atoms with Crippen molar-refractivity contribution in [3.05, 3.63) is 42.1 Å². The summed E-state index contributed by atoms with van der Waals surface area (Å²) in [5.74, 6) is 1.56. The van der Waals surface area contributed by atoms with E-state index in [1.54, 1.807) is 7.11 Å². The summed E-state index contributed by atoms with van der Waals surface area (Å²) in [4.78, 5) is 6.41. The number of pyridine rings is 1. The van der Waals surface area contributed by atoms with Gasteiger partial charge in [0.1, 0.15) is 5.75 Å². The fourth-order valence-electron chi connectivity index (χ4n) is 1.76. The van der Waals surface area contributed by atoms with Crippen molar-refractivity contribution < 1.29 is 4.74 Å². The predicted octanol–water partition coefficient (Wildman–Crippen LogP) is 2.75. The molecular weight excluding hydrogens is 226 g/mol.